The van der Waals surface area contributed by atoms with E-state index in [1.54, 1.807) is 7.11 Å². The standard InChI is InChI=1S/C19H28BrN5O/c1-5-21-19(22-9-6-10-25-15(3)11-14(2)24-25)23-13-16-12-17(20)7-8-18(16)26-4/h7-8,11-12H,5-6,9-10,13H2,1-4H3,(H2,21,22,23). The summed E-state index contributed by atoms with van der Waals surface area (Å²) < 4.78 is 8.48. The summed E-state index contributed by atoms with van der Waals surface area (Å²) in [6.07, 6.45) is 0.979. The number of hydrogen-bond donors (Lipinski definition) is 2. The van der Waals surface area contributed by atoms with Gasteiger partial charge in [0.2, 0.25) is 0 Å². The Morgan fingerprint density at radius 1 is 1.27 bits per heavy atom. The van der Waals surface area contributed by atoms with Gasteiger partial charge in [-0.1, -0.05) is 15.9 Å². The van der Waals surface area contributed by atoms with E-state index < -0.39 is 0 Å². The fourth-order valence-corrected chi connectivity index (χ4v) is 3.12. The molecule has 0 radical (unpaired) electrons. The van der Waals surface area contributed by atoms with Crippen molar-refractivity contribution in [3.05, 3.63) is 45.7 Å². The monoisotopic (exact) mass is 421 g/mol. The molecular formula is C19H28BrN5O. The lowest BCUT2D eigenvalue weighted by Gasteiger charge is -2.12. The van der Waals surface area contributed by atoms with Gasteiger partial charge in [0, 0.05) is 35.4 Å². The van der Waals surface area contributed by atoms with Crippen LogP contribution < -0.4 is 15.4 Å². The third-order valence-corrected chi connectivity index (χ3v) is 4.43. The van der Waals surface area contributed by atoms with Gasteiger partial charge in [0.05, 0.1) is 19.3 Å². The van der Waals surface area contributed by atoms with Crippen LogP contribution in [-0.2, 0) is 13.1 Å². The lowest BCUT2D eigenvalue weighted by molar-refractivity contribution is 0.409. The van der Waals surface area contributed by atoms with E-state index in [4.69, 9.17) is 4.74 Å². The molecule has 0 amide bonds. The molecule has 2 rings (SSSR count). The molecule has 0 aliphatic carbocycles. The molecule has 0 bridgehead atoms. The lowest BCUT2D eigenvalue weighted by atomic mass is 10.2. The Bertz CT molecular complexity index is 742. The summed E-state index contributed by atoms with van der Waals surface area (Å²) in [5, 5.41) is 11.2. The van der Waals surface area contributed by atoms with E-state index in [1.807, 2.05) is 29.8 Å². The lowest BCUT2D eigenvalue weighted by Crippen LogP contribution is -2.38. The summed E-state index contributed by atoms with van der Waals surface area (Å²) in [4.78, 5) is 4.67. The number of benzene rings is 1. The first kappa shape index (κ1) is 20.3. The maximum atomic E-state index is 5.41. The van der Waals surface area contributed by atoms with Crippen LogP contribution in [0.3, 0.4) is 0 Å². The number of ether oxygens (including phenoxy) is 1. The molecule has 0 aliphatic heterocycles. The van der Waals surface area contributed by atoms with Crippen LogP contribution in [0.15, 0.2) is 33.7 Å². The van der Waals surface area contributed by atoms with Crippen LogP contribution >= 0.6 is 15.9 Å². The van der Waals surface area contributed by atoms with E-state index in [1.165, 1.54) is 5.69 Å². The highest BCUT2D eigenvalue weighted by atomic mass is 79.9. The zero-order valence-electron chi connectivity index (χ0n) is 16.0. The average Bonchev–Trinajstić information content (AvgIpc) is 2.94. The fraction of sp³-hybridized carbons (Fsp3) is 0.474. The van der Waals surface area contributed by atoms with E-state index in [2.05, 4.69) is 56.6 Å². The molecule has 1 heterocycles. The molecule has 0 aliphatic rings. The Kier molecular flexibility index (Phi) is 7.97. The maximum absolute atomic E-state index is 5.41. The number of aromatic nitrogens is 2. The van der Waals surface area contributed by atoms with Crippen molar-refractivity contribution in [1.29, 1.82) is 0 Å². The summed E-state index contributed by atoms with van der Waals surface area (Å²) in [7, 11) is 1.68. The largest absolute Gasteiger partial charge is 0.496 e. The smallest absolute Gasteiger partial charge is 0.191 e. The highest BCUT2D eigenvalue weighted by molar-refractivity contribution is 9.10. The Hall–Kier alpha value is -2.02. The second kappa shape index (κ2) is 10.2. The molecule has 2 N–H and O–H groups in total. The predicted octanol–water partition coefficient (Wildman–Crippen LogP) is 3.42. The normalized spacial score (nSPS) is 11.5. The number of hydrogen-bond acceptors (Lipinski definition) is 3. The fourth-order valence-electron chi connectivity index (χ4n) is 2.71. The molecule has 1 aromatic heterocycles. The number of nitrogens with zero attached hydrogens (tertiary/aromatic N) is 3. The van der Waals surface area contributed by atoms with Crippen molar-refractivity contribution >= 4 is 21.9 Å². The molecule has 0 fully saturated rings. The first-order chi connectivity index (χ1) is 12.5. The van der Waals surface area contributed by atoms with Crippen molar-refractivity contribution in [3.63, 3.8) is 0 Å². The Labute approximate surface area is 164 Å². The van der Waals surface area contributed by atoms with Gasteiger partial charge in [0.1, 0.15) is 5.75 Å². The number of methoxy groups -OCH3 is 1. The van der Waals surface area contributed by atoms with Crippen LogP contribution in [-0.4, -0.2) is 35.9 Å². The van der Waals surface area contributed by atoms with Gasteiger partial charge >= 0.3 is 0 Å². The molecule has 0 saturated heterocycles. The van der Waals surface area contributed by atoms with Crippen LogP contribution in [0, 0.1) is 13.8 Å². The van der Waals surface area contributed by atoms with Gasteiger partial charge in [-0.3, -0.25) is 4.68 Å². The highest BCUT2D eigenvalue weighted by Crippen LogP contribution is 2.23. The van der Waals surface area contributed by atoms with Gasteiger partial charge in [-0.15, -0.1) is 0 Å². The number of halogens is 1. The zero-order valence-corrected chi connectivity index (χ0v) is 17.6. The van der Waals surface area contributed by atoms with Crippen LogP contribution in [0.2, 0.25) is 0 Å². The van der Waals surface area contributed by atoms with Gasteiger partial charge in [-0.05, 0) is 51.5 Å². The predicted molar refractivity (Wildman–Crippen MR) is 110 cm³/mol. The summed E-state index contributed by atoms with van der Waals surface area (Å²) >= 11 is 3.50. The van der Waals surface area contributed by atoms with Crippen LogP contribution in [0.25, 0.3) is 0 Å². The van der Waals surface area contributed by atoms with Crippen molar-refractivity contribution in [2.24, 2.45) is 4.99 Å². The third-order valence-electron chi connectivity index (χ3n) is 3.94. The number of nitrogens with one attached hydrogen (secondary N) is 2. The molecular weight excluding hydrogens is 394 g/mol. The number of aryl methyl sites for hydroxylation is 3. The summed E-state index contributed by atoms with van der Waals surface area (Å²) in [6, 6.07) is 8.05. The summed E-state index contributed by atoms with van der Waals surface area (Å²) in [5.41, 5.74) is 3.31. The summed E-state index contributed by atoms with van der Waals surface area (Å²) in [6.45, 7) is 9.27. The SMILES string of the molecule is CCNC(=NCc1cc(Br)ccc1OC)NCCCn1nc(C)cc1C. The molecule has 1 aromatic carbocycles. The van der Waals surface area contributed by atoms with E-state index in [0.717, 1.165) is 53.5 Å². The van der Waals surface area contributed by atoms with Crippen LogP contribution in [0.1, 0.15) is 30.3 Å². The molecule has 26 heavy (non-hydrogen) atoms. The quantitative estimate of drug-likeness (QED) is 0.389. The molecule has 0 atom stereocenters. The minimum absolute atomic E-state index is 0.551. The number of guanidine groups is 1. The Balaban J connectivity index is 1.90. The van der Waals surface area contributed by atoms with Gasteiger partial charge in [0.25, 0.3) is 0 Å². The molecule has 142 valence electrons. The van der Waals surface area contributed by atoms with Crippen LogP contribution in [0.5, 0.6) is 5.75 Å². The van der Waals surface area contributed by atoms with Crippen molar-refractivity contribution in [1.82, 2.24) is 20.4 Å². The van der Waals surface area contributed by atoms with E-state index in [0.29, 0.717) is 6.54 Å². The van der Waals surface area contributed by atoms with E-state index >= 15 is 0 Å². The third kappa shape index (κ3) is 6.05. The number of aliphatic imine (C=N–C) groups is 1. The topological polar surface area (TPSA) is 63.5 Å². The molecule has 6 nitrogen and oxygen atoms in total. The number of rotatable bonds is 8. The summed E-state index contributed by atoms with van der Waals surface area (Å²) in [5.74, 6) is 1.65. The van der Waals surface area contributed by atoms with Gasteiger partial charge in [-0.2, -0.15) is 5.10 Å². The Morgan fingerprint density at radius 3 is 2.73 bits per heavy atom. The van der Waals surface area contributed by atoms with E-state index in [9.17, 15) is 0 Å². The Morgan fingerprint density at radius 2 is 2.08 bits per heavy atom. The molecule has 7 heteroatoms. The molecule has 0 spiro atoms. The van der Waals surface area contributed by atoms with E-state index in [-0.39, 0.29) is 0 Å². The van der Waals surface area contributed by atoms with Crippen LogP contribution in [0.4, 0.5) is 0 Å². The van der Waals surface area contributed by atoms with Crippen molar-refractivity contribution in [2.45, 2.75) is 40.3 Å². The van der Waals surface area contributed by atoms with Gasteiger partial charge in [-0.25, -0.2) is 4.99 Å². The minimum Gasteiger partial charge on any atom is -0.496 e. The maximum Gasteiger partial charge on any atom is 0.191 e. The molecule has 0 unspecified atom stereocenters. The zero-order chi connectivity index (χ0) is 18.9. The van der Waals surface area contributed by atoms with Crippen molar-refractivity contribution in [3.8, 4) is 5.75 Å². The molecule has 2 aromatic rings. The van der Waals surface area contributed by atoms with Gasteiger partial charge < -0.3 is 15.4 Å². The second-order valence-corrected chi connectivity index (χ2v) is 7.00. The van der Waals surface area contributed by atoms with Gasteiger partial charge in [0.15, 0.2) is 5.96 Å². The minimum atomic E-state index is 0.551. The van der Waals surface area contributed by atoms with Crippen molar-refractivity contribution in [2.75, 3.05) is 20.2 Å². The first-order valence-corrected chi connectivity index (χ1v) is 9.68. The van der Waals surface area contributed by atoms with Crippen molar-refractivity contribution < 1.29 is 4.74 Å². The second-order valence-electron chi connectivity index (χ2n) is 6.08. The first-order valence-electron chi connectivity index (χ1n) is 8.89. The average molecular weight is 422 g/mol. The molecule has 0 saturated carbocycles. The highest BCUT2D eigenvalue weighted by Gasteiger charge is 2.05.